The zero-order valence-electron chi connectivity index (χ0n) is 19.4. The van der Waals surface area contributed by atoms with Gasteiger partial charge in [0.15, 0.2) is 16.1 Å². The summed E-state index contributed by atoms with van der Waals surface area (Å²) in [4.78, 5) is 29.2. The maximum Gasteiger partial charge on any atom is 0.236 e. The summed E-state index contributed by atoms with van der Waals surface area (Å²) in [6.45, 7) is 2.03. The van der Waals surface area contributed by atoms with Crippen molar-refractivity contribution in [3.05, 3.63) is 65.2 Å². The second-order valence-electron chi connectivity index (χ2n) is 7.64. The number of benzene rings is 2. The van der Waals surface area contributed by atoms with Gasteiger partial charge >= 0.3 is 0 Å². The van der Waals surface area contributed by atoms with E-state index < -0.39 is 0 Å². The number of thiazole rings is 1. The van der Waals surface area contributed by atoms with E-state index in [1.807, 2.05) is 54.9 Å². The van der Waals surface area contributed by atoms with Crippen molar-refractivity contribution in [1.82, 2.24) is 19.7 Å². The van der Waals surface area contributed by atoms with Gasteiger partial charge in [-0.15, -0.1) is 21.5 Å². The SMILES string of the molecule is COc1ccccc1NC(=O)Cc1csc(NC(=O)CSc2nnc(-c3ccc(C)cc3)n2C)n1. The zero-order chi connectivity index (χ0) is 24.8. The molecule has 2 aromatic heterocycles. The molecule has 180 valence electrons. The predicted octanol–water partition coefficient (Wildman–Crippen LogP) is 4.17. The van der Waals surface area contributed by atoms with Gasteiger partial charge < -0.3 is 19.9 Å². The minimum absolute atomic E-state index is 0.0832. The van der Waals surface area contributed by atoms with Crippen molar-refractivity contribution in [3.8, 4) is 17.1 Å². The van der Waals surface area contributed by atoms with E-state index in [9.17, 15) is 9.59 Å². The molecule has 0 aliphatic carbocycles. The third kappa shape index (κ3) is 6.25. The van der Waals surface area contributed by atoms with Crippen LogP contribution in [-0.2, 0) is 23.1 Å². The molecule has 11 heteroatoms. The summed E-state index contributed by atoms with van der Waals surface area (Å²) in [5, 5.41) is 16.9. The molecule has 9 nitrogen and oxygen atoms in total. The van der Waals surface area contributed by atoms with Gasteiger partial charge in [0, 0.05) is 18.0 Å². The molecule has 2 N–H and O–H groups in total. The van der Waals surface area contributed by atoms with Crippen LogP contribution in [0.4, 0.5) is 10.8 Å². The van der Waals surface area contributed by atoms with E-state index in [1.165, 1.54) is 28.7 Å². The van der Waals surface area contributed by atoms with E-state index in [0.717, 1.165) is 11.4 Å². The highest BCUT2D eigenvalue weighted by Crippen LogP contribution is 2.25. The highest BCUT2D eigenvalue weighted by Gasteiger charge is 2.15. The maximum atomic E-state index is 12.4. The molecule has 2 heterocycles. The minimum Gasteiger partial charge on any atom is -0.495 e. The van der Waals surface area contributed by atoms with Gasteiger partial charge in [-0.2, -0.15) is 0 Å². The monoisotopic (exact) mass is 508 g/mol. The number of carbonyl (C=O) groups excluding carboxylic acids is 2. The van der Waals surface area contributed by atoms with E-state index in [-0.39, 0.29) is 24.0 Å². The van der Waals surface area contributed by atoms with E-state index >= 15 is 0 Å². The van der Waals surface area contributed by atoms with Gasteiger partial charge in [0.2, 0.25) is 11.8 Å². The average molecular weight is 509 g/mol. The molecule has 4 aromatic rings. The molecule has 4 rings (SSSR count). The van der Waals surface area contributed by atoms with E-state index in [1.54, 1.807) is 24.6 Å². The Morgan fingerprint density at radius 1 is 1.06 bits per heavy atom. The number of hydrogen-bond acceptors (Lipinski definition) is 8. The summed E-state index contributed by atoms with van der Waals surface area (Å²) in [7, 11) is 3.42. The third-order valence-corrected chi connectivity index (χ3v) is 6.82. The molecule has 0 fully saturated rings. The quantitative estimate of drug-likeness (QED) is 0.327. The van der Waals surface area contributed by atoms with Crippen LogP contribution in [0.3, 0.4) is 0 Å². The smallest absolute Gasteiger partial charge is 0.236 e. The van der Waals surface area contributed by atoms with Gasteiger partial charge in [0.1, 0.15) is 5.75 Å². The van der Waals surface area contributed by atoms with Crippen LogP contribution in [0.25, 0.3) is 11.4 Å². The Bertz CT molecular complexity index is 1330. The summed E-state index contributed by atoms with van der Waals surface area (Å²) in [6.07, 6.45) is 0.0832. The highest BCUT2D eigenvalue weighted by atomic mass is 32.2. The molecule has 0 saturated carbocycles. The van der Waals surface area contributed by atoms with Crippen molar-refractivity contribution < 1.29 is 14.3 Å². The molecule has 0 unspecified atom stereocenters. The largest absolute Gasteiger partial charge is 0.495 e. The second kappa shape index (κ2) is 11.2. The van der Waals surface area contributed by atoms with Crippen molar-refractivity contribution in [2.24, 2.45) is 7.05 Å². The average Bonchev–Trinajstić information content (AvgIpc) is 3.44. The van der Waals surface area contributed by atoms with Gasteiger partial charge in [-0.3, -0.25) is 9.59 Å². The number of para-hydroxylation sites is 2. The van der Waals surface area contributed by atoms with E-state index in [2.05, 4.69) is 25.8 Å². The number of carbonyl (C=O) groups is 2. The first kappa shape index (κ1) is 24.4. The van der Waals surface area contributed by atoms with Gasteiger partial charge in [0.25, 0.3) is 0 Å². The number of thioether (sulfide) groups is 1. The fourth-order valence-corrected chi connectivity index (χ4v) is 4.67. The molecule has 2 amide bonds. The van der Waals surface area contributed by atoms with Crippen LogP contribution in [0.5, 0.6) is 5.75 Å². The number of anilines is 2. The van der Waals surface area contributed by atoms with Crippen LogP contribution in [0, 0.1) is 6.92 Å². The Labute approximate surface area is 211 Å². The molecular formula is C24H24N6O3S2. The molecule has 0 spiro atoms. The Morgan fingerprint density at radius 2 is 1.83 bits per heavy atom. The van der Waals surface area contributed by atoms with Gasteiger partial charge in [0.05, 0.1) is 30.7 Å². The third-order valence-electron chi connectivity index (χ3n) is 5.00. The number of methoxy groups -OCH3 is 1. The molecule has 35 heavy (non-hydrogen) atoms. The van der Waals surface area contributed by atoms with Crippen LogP contribution < -0.4 is 15.4 Å². The first-order valence-corrected chi connectivity index (χ1v) is 12.6. The van der Waals surface area contributed by atoms with E-state index in [4.69, 9.17) is 4.74 Å². The minimum atomic E-state index is -0.222. The summed E-state index contributed by atoms with van der Waals surface area (Å²) < 4.78 is 7.11. The Hall–Kier alpha value is -3.70. The lowest BCUT2D eigenvalue weighted by atomic mass is 10.1. The van der Waals surface area contributed by atoms with Crippen LogP contribution in [0.1, 0.15) is 11.3 Å². The fraction of sp³-hybridized carbons (Fsp3) is 0.208. The second-order valence-corrected chi connectivity index (χ2v) is 9.44. The zero-order valence-corrected chi connectivity index (χ0v) is 21.1. The van der Waals surface area contributed by atoms with Crippen molar-refractivity contribution in [3.63, 3.8) is 0 Å². The van der Waals surface area contributed by atoms with Crippen LogP contribution in [-0.4, -0.2) is 44.4 Å². The Balaban J connectivity index is 1.28. The van der Waals surface area contributed by atoms with Gasteiger partial charge in [-0.25, -0.2) is 4.98 Å². The van der Waals surface area contributed by atoms with Gasteiger partial charge in [-0.1, -0.05) is 53.7 Å². The number of aryl methyl sites for hydroxylation is 1. The standard InChI is InChI=1S/C24H24N6O3S2/c1-15-8-10-16(11-9-15)22-28-29-24(30(22)2)35-14-21(32)27-23-25-17(13-34-23)12-20(31)26-18-6-4-5-7-19(18)33-3/h4-11,13H,12,14H2,1-3H3,(H,26,31)(H,25,27,32). The van der Waals surface area contributed by atoms with Gasteiger partial charge in [-0.05, 0) is 19.1 Å². The fourth-order valence-electron chi connectivity index (χ4n) is 3.23. The first-order chi connectivity index (χ1) is 16.9. The van der Waals surface area contributed by atoms with Crippen molar-refractivity contribution >= 4 is 45.7 Å². The van der Waals surface area contributed by atoms with Crippen molar-refractivity contribution in [2.45, 2.75) is 18.5 Å². The Morgan fingerprint density at radius 3 is 2.60 bits per heavy atom. The topological polar surface area (TPSA) is 111 Å². The Kier molecular flexibility index (Phi) is 7.78. The molecular weight excluding hydrogens is 484 g/mol. The van der Waals surface area contributed by atoms with E-state index in [0.29, 0.717) is 27.4 Å². The van der Waals surface area contributed by atoms with Crippen LogP contribution >= 0.6 is 23.1 Å². The number of ether oxygens (including phenoxy) is 1. The van der Waals surface area contributed by atoms with Crippen LogP contribution in [0.2, 0.25) is 0 Å². The normalized spacial score (nSPS) is 10.7. The number of nitrogens with zero attached hydrogens (tertiary/aromatic N) is 4. The highest BCUT2D eigenvalue weighted by molar-refractivity contribution is 7.99. The molecule has 0 atom stereocenters. The number of nitrogens with one attached hydrogen (secondary N) is 2. The van der Waals surface area contributed by atoms with Crippen molar-refractivity contribution in [1.29, 1.82) is 0 Å². The molecule has 0 saturated heterocycles. The molecule has 0 bridgehead atoms. The lowest BCUT2D eigenvalue weighted by Crippen LogP contribution is -2.16. The molecule has 2 aromatic carbocycles. The predicted molar refractivity (Wildman–Crippen MR) is 138 cm³/mol. The summed E-state index contributed by atoms with van der Waals surface area (Å²) in [5.41, 5.74) is 3.30. The molecule has 0 radical (unpaired) electrons. The number of amides is 2. The lowest BCUT2D eigenvalue weighted by Gasteiger charge is -2.09. The summed E-state index contributed by atoms with van der Waals surface area (Å²) >= 11 is 2.56. The number of hydrogen-bond donors (Lipinski definition) is 2. The number of aromatic nitrogens is 4. The maximum absolute atomic E-state index is 12.4. The summed E-state index contributed by atoms with van der Waals surface area (Å²) in [5.74, 6) is 1.04. The van der Waals surface area contributed by atoms with Crippen molar-refractivity contribution in [2.75, 3.05) is 23.5 Å². The number of rotatable bonds is 9. The lowest BCUT2D eigenvalue weighted by molar-refractivity contribution is -0.115. The van der Waals surface area contributed by atoms with Crippen LogP contribution in [0.15, 0.2) is 59.1 Å². The summed E-state index contributed by atoms with van der Waals surface area (Å²) in [6, 6.07) is 15.2. The first-order valence-electron chi connectivity index (χ1n) is 10.7. The molecule has 0 aliphatic rings. The molecule has 0 aliphatic heterocycles.